The molecule has 1 aromatic heterocycles. The predicted octanol–water partition coefficient (Wildman–Crippen LogP) is 3.87. The fourth-order valence-corrected chi connectivity index (χ4v) is 3.83. The van der Waals surface area contributed by atoms with Gasteiger partial charge in [-0.25, -0.2) is 0 Å². The Balaban J connectivity index is 1.62. The van der Waals surface area contributed by atoms with E-state index < -0.39 is 5.60 Å². The highest BCUT2D eigenvalue weighted by Crippen LogP contribution is 2.34. The van der Waals surface area contributed by atoms with E-state index in [1.807, 2.05) is 0 Å². The van der Waals surface area contributed by atoms with E-state index in [1.54, 1.807) is 0 Å². The van der Waals surface area contributed by atoms with E-state index in [0.717, 1.165) is 43.7 Å². The van der Waals surface area contributed by atoms with Gasteiger partial charge in [0.25, 0.3) is 0 Å². The number of aromatic nitrogens is 2. The average Bonchev–Trinajstić information content (AvgIpc) is 2.92. The Bertz CT molecular complexity index is 426. The quantitative estimate of drug-likeness (QED) is 0.910. The topological polar surface area (TPSA) is 38.0 Å². The molecule has 2 saturated carbocycles. The molecule has 20 heavy (non-hydrogen) atoms. The molecule has 1 N–H and O–H groups in total. The van der Waals surface area contributed by atoms with Crippen LogP contribution in [0.1, 0.15) is 76.4 Å². The summed E-state index contributed by atoms with van der Waals surface area (Å²) in [6.45, 7) is 2.29. The van der Waals surface area contributed by atoms with Gasteiger partial charge in [0.15, 0.2) is 0 Å². The van der Waals surface area contributed by atoms with Crippen molar-refractivity contribution in [1.82, 2.24) is 9.78 Å². The molecule has 2 aliphatic carbocycles. The lowest BCUT2D eigenvalue weighted by Crippen LogP contribution is -2.36. The number of hydrogen-bond acceptors (Lipinski definition) is 2. The van der Waals surface area contributed by atoms with Crippen LogP contribution in [0.25, 0.3) is 0 Å². The molecule has 0 radical (unpaired) electrons. The second kappa shape index (κ2) is 5.88. The van der Waals surface area contributed by atoms with Gasteiger partial charge in [-0.1, -0.05) is 26.2 Å². The van der Waals surface area contributed by atoms with E-state index in [0.29, 0.717) is 6.04 Å². The molecule has 0 atom stereocenters. The normalized spacial score (nSPS) is 32.4. The summed E-state index contributed by atoms with van der Waals surface area (Å²) in [4.78, 5) is 0. The van der Waals surface area contributed by atoms with Crippen molar-refractivity contribution >= 4 is 0 Å². The molecule has 0 aliphatic heterocycles. The van der Waals surface area contributed by atoms with Gasteiger partial charge in [-0.3, -0.25) is 4.68 Å². The van der Waals surface area contributed by atoms with Gasteiger partial charge in [0, 0.05) is 12.6 Å². The summed E-state index contributed by atoms with van der Waals surface area (Å²) in [5.74, 6) is 0.773. The molecule has 3 heteroatoms. The molecule has 0 amide bonds. The average molecular weight is 276 g/mol. The SMILES string of the molecule is CC1CCC(O)(Cc2ccn(C3CCCCC3)n2)CC1. The molecule has 1 aromatic rings. The lowest BCUT2D eigenvalue weighted by molar-refractivity contribution is -0.00760. The van der Waals surface area contributed by atoms with E-state index in [4.69, 9.17) is 5.10 Å². The summed E-state index contributed by atoms with van der Waals surface area (Å²) in [6.07, 6.45) is 13.6. The van der Waals surface area contributed by atoms with Gasteiger partial charge in [0.1, 0.15) is 0 Å². The zero-order valence-electron chi connectivity index (χ0n) is 12.7. The van der Waals surface area contributed by atoms with Crippen molar-refractivity contribution in [2.75, 3.05) is 0 Å². The van der Waals surface area contributed by atoms with Crippen LogP contribution in [0.5, 0.6) is 0 Å². The number of hydrogen-bond donors (Lipinski definition) is 1. The van der Waals surface area contributed by atoms with Crippen molar-refractivity contribution in [3.63, 3.8) is 0 Å². The maximum atomic E-state index is 10.7. The molecule has 0 aromatic carbocycles. The smallest absolute Gasteiger partial charge is 0.0703 e. The molecule has 2 aliphatic rings. The Morgan fingerprint density at radius 3 is 2.60 bits per heavy atom. The van der Waals surface area contributed by atoms with Crippen LogP contribution in [-0.2, 0) is 6.42 Å². The number of aliphatic hydroxyl groups is 1. The molecule has 1 heterocycles. The molecule has 2 fully saturated rings. The second-order valence-corrected chi connectivity index (χ2v) is 7.16. The first-order chi connectivity index (χ1) is 9.65. The maximum Gasteiger partial charge on any atom is 0.0703 e. The van der Waals surface area contributed by atoms with Gasteiger partial charge in [0.05, 0.1) is 17.3 Å². The first kappa shape index (κ1) is 14.1. The van der Waals surface area contributed by atoms with Gasteiger partial charge in [-0.2, -0.15) is 5.10 Å². The van der Waals surface area contributed by atoms with Crippen molar-refractivity contribution in [3.05, 3.63) is 18.0 Å². The maximum absolute atomic E-state index is 10.7. The second-order valence-electron chi connectivity index (χ2n) is 7.16. The van der Waals surface area contributed by atoms with Crippen LogP contribution in [0.2, 0.25) is 0 Å². The highest BCUT2D eigenvalue weighted by molar-refractivity contribution is 5.05. The third kappa shape index (κ3) is 3.25. The van der Waals surface area contributed by atoms with Gasteiger partial charge in [-0.15, -0.1) is 0 Å². The van der Waals surface area contributed by atoms with Crippen LogP contribution in [0.3, 0.4) is 0 Å². The molecule has 3 rings (SSSR count). The van der Waals surface area contributed by atoms with Crippen molar-refractivity contribution in [2.24, 2.45) is 5.92 Å². The van der Waals surface area contributed by atoms with Gasteiger partial charge < -0.3 is 5.11 Å². The molecule has 0 spiro atoms. The number of rotatable bonds is 3. The fraction of sp³-hybridized carbons (Fsp3) is 0.824. The lowest BCUT2D eigenvalue weighted by atomic mass is 9.77. The summed E-state index contributed by atoms with van der Waals surface area (Å²) in [7, 11) is 0. The third-order valence-corrected chi connectivity index (χ3v) is 5.33. The van der Waals surface area contributed by atoms with Gasteiger partial charge in [-0.05, 0) is 50.5 Å². The summed E-state index contributed by atoms with van der Waals surface area (Å²) in [5.41, 5.74) is 0.575. The first-order valence-electron chi connectivity index (χ1n) is 8.41. The first-order valence-corrected chi connectivity index (χ1v) is 8.41. The van der Waals surface area contributed by atoms with E-state index >= 15 is 0 Å². The minimum Gasteiger partial charge on any atom is -0.389 e. The van der Waals surface area contributed by atoms with Crippen LogP contribution < -0.4 is 0 Å². The zero-order chi connectivity index (χ0) is 14.0. The van der Waals surface area contributed by atoms with Crippen LogP contribution in [-0.4, -0.2) is 20.5 Å². The molecular weight excluding hydrogens is 248 g/mol. The summed E-state index contributed by atoms with van der Waals surface area (Å²) in [6, 6.07) is 2.71. The van der Waals surface area contributed by atoms with Gasteiger partial charge >= 0.3 is 0 Å². The minimum absolute atomic E-state index is 0.502. The highest BCUT2D eigenvalue weighted by atomic mass is 16.3. The third-order valence-electron chi connectivity index (χ3n) is 5.33. The van der Waals surface area contributed by atoms with E-state index in [2.05, 4.69) is 23.9 Å². The summed E-state index contributed by atoms with van der Waals surface area (Å²) >= 11 is 0. The molecule has 0 saturated heterocycles. The van der Waals surface area contributed by atoms with Crippen molar-refractivity contribution in [2.45, 2.75) is 82.8 Å². The molecule has 112 valence electrons. The van der Waals surface area contributed by atoms with Crippen LogP contribution in [0.4, 0.5) is 0 Å². The fourth-order valence-electron chi connectivity index (χ4n) is 3.83. The highest BCUT2D eigenvalue weighted by Gasteiger charge is 2.32. The van der Waals surface area contributed by atoms with Crippen molar-refractivity contribution < 1.29 is 5.11 Å². The van der Waals surface area contributed by atoms with E-state index in [-0.39, 0.29) is 0 Å². The van der Waals surface area contributed by atoms with E-state index in [1.165, 1.54) is 32.1 Å². The van der Waals surface area contributed by atoms with Crippen LogP contribution in [0, 0.1) is 5.92 Å². The lowest BCUT2D eigenvalue weighted by Gasteiger charge is -2.34. The largest absolute Gasteiger partial charge is 0.389 e. The zero-order valence-corrected chi connectivity index (χ0v) is 12.7. The van der Waals surface area contributed by atoms with Crippen LogP contribution in [0.15, 0.2) is 12.3 Å². The van der Waals surface area contributed by atoms with Crippen molar-refractivity contribution in [1.29, 1.82) is 0 Å². The minimum atomic E-state index is -0.502. The van der Waals surface area contributed by atoms with E-state index in [9.17, 15) is 5.11 Å². The predicted molar refractivity (Wildman–Crippen MR) is 80.6 cm³/mol. The molecule has 3 nitrogen and oxygen atoms in total. The van der Waals surface area contributed by atoms with Crippen LogP contribution >= 0.6 is 0 Å². The Kier molecular flexibility index (Phi) is 4.16. The Morgan fingerprint density at radius 2 is 1.90 bits per heavy atom. The Morgan fingerprint density at radius 1 is 1.20 bits per heavy atom. The summed E-state index contributed by atoms with van der Waals surface area (Å²) < 4.78 is 2.16. The molecular formula is C17H28N2O. The Hall–Kier alpha value is -0.830. The standard InChI is InChI=1S/C17H28N2O/c1-14-7-10-17(20,11-8-14)13-15-9-12-19(18-15)16-5-3-2-4-6-16/h9,12,14,16,20H,2-8,10-11,13H2,1H3. The van der Waals surface area contributed by atoms with Gasteiger partial charge in [0.2, 0.25) is 0 Å². The van der Waals surface area contributed by atoms with Crippen molar-refractivity contribution in [3.8, 4) is 0 Å². The summed E-state index contributed by atoms with van der Waals surface area (Å²) in [5, 5.41) is 15.5. The molecule has 0 bridgehead atoms. The molecule has 0 unspecified atom stereocenters. The Labute approximate surface area is 122 Å². The monoisotopic (exact) mass is 276 g/mol. The number of nitrogens with zero attached hydrogens (tertiary/aromatic N) is 2.